The molecule has 1 N–H and O–H groups in total. The van der Waals surface area contributed by atoms with Crippen LogP contribution in [0.1, 0.15) is 32.6 Å². The Labute approximate surface area is 166 Å². The maximum atomic E-state index is 12.5. The van der Waals surface area contributed by atoms with Crippen LogP contribution in [0.4, 0.5) is 13.2 Å². The van der Waals surface area contributed by atoms with Crippen molar-refractivity contribution in [2.24, 2.45) is 11.8 Å². The van der Waals surface area contributed by atoms with Crippen molar-refractivity contribution in [3.05, 3.63) is 0 Å². The molecule has 2 heterocycles. The smallest absolute Gasteiger partial charge is 0.372 e. The van der Waals surface area contributed by atoms with Crippen molar-refractivity contribution in [2.75, 3.05) is 59.0 Å². The van der Waals surface area contributed by atoms with E-state index in [1.54, 1.807) is 0 Å². The lowest BCUT2D eigenvalue weighted by molar-refractivity contribution is -0.174. The van der Waals surface area contributed by atoms with Crippen LogP contribution in [0, 0.1) is 11.8 Å². The first-order chi connectivity index (χ1) is 12.3. The SMILES string of the molecule is CC(CC(=O)N1CCN(CCCOCC(F)(F)F)CC1)C1CCNCC1.Cl. The second-order valence-electron chi connectivity index (χ2n) is 7.51. The standard InChI is InChI=1S/C18H32F3N3O2.ClH/c1-15(16-3-5-22-6-4-16)13-17(25)24-10-8-23(9-11-24)7-2-12-26-14-18(19,20)21;/h15-16,22H,2-14H2,1H3;1H. The summed E-state index contributed by atoms with van der Waals surface area (Å²) in [4.78, 5) is 16.6. The summed E-state index contributed by atoms with van der Waals surface area (Å²) in [5, 5.41) is 3.36. The predicted octanol–water partition coefficient (Wildman–Crippen LogP) is 2.55. The van der Waals surface area contributed by atoms with Gasteiger partial charge in [0, 0.05) is 45.8 Å². The van der Waals surface area contributed by atoms with Crippen LogP contribution in [0.15, 0.2) is 0 Å². The molecule has 1 amide bonds. The fraction of sp³-hybridized carbons (Fsp3) is 0.944. The molecular weight excluding hydrogens is 383 g/mol. The Balaban J connectivity index is 0.00000364. The number of nitrogens with one attached hydrogen (secondary N) is 1. The molecule has 1 atom stereocenters. The number of hydrogen-bond donors (Lipinski definition) is 1. The molecule has 5 nitrogen and oxygen atoms in total. The number of amides is 1. The lowest BCUT2D eigenvalue weighted by Gasteiger charge is -2.36. The molecule has 2 fully saturated rings. The molecule has 27 heavy (non-hydrogen) atoms. The Kier molecular flexibility index (Phi) is 11.0. The van der Waals surface area contributed by atoms with E-state index >= 15 is 0 Å². The first-order valence-corrected chi connectivity index (χ1v) is 9.70. The second kappa shape index (κ2) is 12.1. The van der Waals surface area contributed by atoms with Gasteiger partial charge in [-0.1, -0.05) is 6.92 Å². The number of ether oxygens (including phenoxy) is 1. The van der Waals surface area contributed by atoms with E-state index in [0.717, 1.165) is 39.0 Å². The highest BCUT2D eigenvalue weighted by Crippen LogP contribution is 2.25. The van der Waals surface area contributed by atoms with Gasteiger partial charge in [0.15, 0.2) is 0 Å². The van der Waals surface area contributed by atoms with E-state index in [-0.39, 0.29) is 24.9 Å². The summed E-state index contributed by atoms with van der Waals surface area (Å²) < 4.78 is 40.6. The molecule has 2 rings (SSSR count). The number of carbonyl (C=O) groups is 1. The minimum atomic E-state index is -4.25. The first-order valence-electron chi connectivity index (χ1n) is 9.70. The van der Waals surface area contributed by atoms with E-state index in [0.29, 0.717) is 44.3 Å². The average molecular weight is 416 g/mol. The van der Waals surface area contributed by atoms with Crippen LogP contribution >= 0.6 is 12.4 Å². The lowest BCUT2D eigenvalue weighted by Crippen LogP contribution is -2.49. The minimum Gasteiger partial charge on any atom is -0.372 e. The van der Waals surface area contributed by atoms with Gasteiger partial charge in [-0.05, 0) is 44.2 Å². The molecule has 9 heteroatoms. The number of halogens is 4. The van der Waals surface area contributed by atoms with Crippen LogP contribution in [-0.2, 0) is 9.53 Å². The third kappa shape index (κ3) is 9.45. The van der Waals surface area contributed by atoms with Crippen LogP contribution in [0.25, 0.3) is 0 Å². The van der Waals surface area contributed by atoms with Crippen LogP contribution in [0.3, 0.4) is 0 Å². The van der Waals surface area contributed by atoms with Gasteiger partial charge in [-0.15, -0.1) is 12.4 Å². The highest BCUT2D eigenvalue weighted by Gasteiger charge is 2.28. The number of piperidine rings is 1. The largest absolute Gasteiger partial charge is 0.411 e. The number of hydrogen-bond acceptors (Lipinski definition) is 4. The van der Waals surface area contributed by atoms with E-state index in [4.69, 9.17) is 0 Å². The zero-order valence-electron chi connectivity index (χ0n) is 16.1. The maximum Gasteiger partial charge on any atom is 0.411 e. The van der Waals surface area contributed by atoms with Gasteiger partial charge in [-0.25, -0.2) is 0 Å². The normalized spacial score (nSPS) is 21.0. The van der Waals surface area contributed by atoms with Gasteiger partial charge in [0.25, 0.3) is 0 Å². The third-order valence-electron chi connectivity index (χ3n) is 5.44. The van der Waals surface area contributed by atoms with Gasteiger partial charge < -0.3 is 15.0 Å². The fourth-order valence-corrected chi connectivity index (χ4v) is 3.78. The summed E-state index contributed by atoms with van der Waals surface area (Å²) in [6.07, 6.45) is -0.749. The van der Waals surface area contributed by atoms with Crippen LogP contribution in [-0.4, -0.2) is 80.9 Å². The number of carbonyl (C=O) groups excluding carboxylic acids is 1. The second-order valence-corrected chi connectivity index (χ2v) is 7.51. The molecule has 0 aromatic heterocycles. The molecule has 0 spiro atoms. The van der Waals surface area contributed by atoms with Crippen molar-refractivity contribution in [1.29, 1.82) is 0 Å². The summed E-state index contributed by atoms with van der Waals surface area (Å²) in [6.45, 7) is 6.93. The minimum absolute atomic E-state index is 0. The Hall–Kier alpha value is -0.570. The van der Waals surface area contributed by atoms with E-state index in [1.165, 1.54) is 0 Å². The molecule has 2 saturated heterocycles. The molecule has 0 aromatic carbocycles. The van der Waals surface area contributed by atoms with Gasteiger partial charge >= 0.3 is 6.18 Å². The van der Waals surface area contributed by atoms with Crippen molar-refractivity contribution in [1.82, 2.24) is 15.1 Å². The monoisotopic (exact) mass is 415 g/mol. The Morgan fingerprint density at radius 1 is 1.19 bits per heavy atom. The molecule has 0 aromatic rings. The lowest BCUT2D eigenvalue weighted by atomic mass is 9.84. The fourth-order valence-electron chi connectivity index (χ4n) is 3.78. The zero-order valence-corrected chi connectivity index (χ0v) is 16.9. The Morgan fingerprint density at radius 3 is 2.41 bits per heavy atom. The third-order valence-corrected chi connectivity index (χ3v) is 5.44. The predicted molar refractivity (Wildman–Crippen MR) is 101 cm³/mol. The Morgan fingerprint density at radius 2 is 1.81 bits per heavy atom. The van der Waals surface area contributed by atoms with Gasteiger partial charge in [-0.3, -0.25) is 9.69 Å². The van der Waals surface area contributed by atoms with Crippen LogP contribution < -0.4 is 5.32 Å². The number of nitrogens with zero attached hydrogens (tertiary/aromatic N) is 2. The quantitative estimate of drug-likeness (QED) is 0.619. The van der Waals surface area contributed by atoms with Crippen molar-refractivity contribution in [2.45, 2.75) is 38.8 Å². The first kappa shape index (κ1) is 24.5. The molecule has 0 radical (unpaired) electrons. The van der Waals surface area contributed by atoms with Gasteiger partial charge in [-0.2, -0.15) is 13.2 Å². The van der Waals surface area contributed by atoms with Gasteiger partial charge in [0.1, 0.15) is 6.61 Å². The highest BCUT2D eigenvalue weighted by molar-refractivity contribution is 5.85. The Bertz CT molecular complexity index is 427. The van der Waals surface area contributed by atoms with E-state index in [9.17, 15) is 18.0 Å². The molecule has 0 saturated carbocycles. The topological polar surface area (TPSA) is 44.8 Å². The van der Waals surface area contributed by atoms with Crippen molar-refractivity contribution >= 4 is 18.3 Å². The average Bonchev–Trinajstić information content (AvgIpc) is 2.61. The van der Waals surface area contributed by atoms with Gasteiger partial charge in [0.05, 0.1) is 0 Å². The molecule has 1 unspecified atom stereocenters. The van der Waals surface area contributed by atoms with Crippen molar-refractivity contribution in [3.8, 4) is 0 Å². The van der Waals surface area contributed by atoms with E-state index in [1.807, 2.05) is 4.90 Å². The molecular formula is C18H33ClF3N3O2. The summed E-state index contributed by atoms with van der Waals surface area (Å²) >= 11 is 0. The summed E-state index contributed by atoms with van der Waals surface area (Å²) in [5.41, 5.74) is 0. The summed E-state index contributed by atoms with van der Waals surface area (Å²) in [6, 6.07) is 0. The maximum absolute atomic E-state index is 12.5. The number of rotatable bonds is 8. The van der Waals surface area contributed by atoms with Crippen molar-refractivity contribution in [3.63, 3.8) is 0 Å². The zero-order chi connectivity index (χ0) is 19.0. The van der Waals surface area contributed by atoms with Gasteiger partial charge in [0.2, 0.25) is 5.91 Å². The van der Waals surface area contributed by atoms with Crippen LogP contribution in [0.5, 0.6) is 0 Å². The molecule has 0 aliphatic carbocycles. The van der Waals surface area contributed by atoms with E-state index in [2.05, 4.69) is 21.9 Å². The molecule has 2 aliphatic rings. The number of piperazine rings is 1. The highest BCUT2D eigenvalue weighted by atomic mass is 35.5. The molecule has 2 aliphatic heterocycles. The molecule has 0 bridgehead atoms. The number of alkyl halides is 3. The van der Waals surface area contributed by atoms with Crippen LogP contribution in [0.2, 0.25) is 0 Å². The summed E-state index contributed by atoms with van der Waals surface area (Å²) in [5.74, 6) is 1.30. The summed E-state index contributed by atoms with van der Waals surface area (Å²) in [7, 11) is 0. The van der Waals surface area contributed by atoms with Crippen molar-refractivity contribution < 1.29 is 22.7 Å². The molecule has 160 valence electrons. The van der Waals surface area contributed by atoms with E-state index < -0.39 is 12.8 Å².